The Labute approximate surface area is 214 Å². The van der Waals surface area contributed by atoms with Crippen molar-refractivity contribution in [3.63, 3.8) is 0 Å². The Bertz CT molecular complexity index is 1220. The number of phenolic OH excluding ortho intramolecular Hbond substituents is 2. The SMILES string of the molecule is CC(C)c1cc(CCc2onc(C(N)=O)c2C2=CC(CN3CCN(C)CC3)(C(N)=O)NO2)c(O)cc1O. The first-order valence-corrected chi connectivity index (χ1v) is 12.2. The van der Waals surface area contributed by atoms with Crippen LogP contribution in [0.4, 0.5) is 0 Å². The monoisotopic (exact) mass is 514 g/mol. The number of carbonyl (C=O) groups is 2. The molecule has 3 heterocycles. The minimum absolute atomic E-state index is 0.0198. The Morgan fingerprint density at radius 3 is 2.46 bits per heavy atom. The zero-order valence-electron chi connectivity index (χ0n) is 21.3. The van der Waals surface area contributed by atoms with Gasteiger partial charge in [-0.05, 0) is 42.7 Å². The van der Waals surface area contributed by atoms with E-state index in [2.05, 4.69) is 20.4 Å². The number of aromatic nitrogens is 1. The van der Waals surface area contributed by atoms with E-state index in [1.54, 1.807) is 12.1 Å². The quantitative estimate of drug-likeness (QED) is 0.315. The van der Waals surface area contributed by atoms with Crippen LogP contribution in [0.15, 0.2) is 22.7 Å². The highest BCUT2D eigenvalue weighted by Gasteiger charge is 2.44. The number of piperazine rings is 1. The van der Waals surface area contributed by atoms with E-state index >= 15 is 0 Å². The van der Waals surface area contributed by atoms with Gasteiger partial charge in [0.15, 0.2) is 17.0 Å². The van der Waals surface area contributed by atoms with Crippen LogP contribution in [0.1, 0.15) is 52.7 Å². The molecular weight excluding hydrogens is 480 g/mol. The number of nitrogens with one attached hydrogen (secondary N) is 1. The number of aryl methyl sites for hydroxylation is 2. The highest BCUT2D eigenvalue weighted by Crippen LogP contribution is 2.35. The minimum atomic E-state index is -1.32. The lowest BCUT2D eigenvalue weighted by Gasteiger charge is -2.36. The number of primary amides is 2. The summed E-state index contributed by atoms with van der Waals surface area (Å²) in [6.07, 6.45) is 2.09. The van der Waals surface area contributed by atoms with E-state index in [1.807, 2.05) is 20.9 Å². The molecule has 1 fully saturated rings. The molecule has 0 saturated carbocycles. The third-order valence-electron chi connectivity index (χ3n) is 6.94. The summed E-state index contributed by atoms with van der Waals surface area (Å²) in [7, 11) is 2.04. The lowest BCUT2D eigenvalue weighted by molar-refractivity contribution is -0.126. The molecule has 12 nitrogen and oxygen atoms in total. The molecule has 0 radical (unpaired) electrons. The zero-order valence-corrected chi connectivity index (χ0v) is 21.3. The molecule has 7 N–H and O–H groups in total. The molecule has 2 aliphatic heterocycles. The molecule has 2 aromatic rings. The number of benzene rings is 1. The summed E-state index contributed by atoms with van der Waals surface area (Å²) in [5.41, 5.74) is 14.1. The molecular formula is C25H34N6O6. The van der Waals surface area contributed by atoms with Crippen molar-refractivity contribution in [1.82, 2.24) is 20.4 Å². The van der Waals surface area contributed by atoms with Crippen LogP contribution in [0.2, 0.25) is 0 Å². The van der Waals surface area contributed by atoms with Crippen LogP contribution < -0.4 is 16.9 Å². The number of hydrogen-bond acceptors (Lipinski definition) is 10. The van der Waals surface area contributed by atoms with Crippen molar-refractivity contribution in [2.24, 2.45) is 11.5 Å². The van der Waals surface area contributed by atoms with E-state index in [1.165, 1.54) is 6.07 Å². The molecule has 0 aliphatic carbocycles. The Hall–Kier alpha value is -3.61. The molecule has 0 spiro atoms. The van der Waals surface area contributed by atoms with Crippen molar-refractivity contribution >= 4 is 17.6 Å². The first kappa shape index (κ1) is 26.5. The van der Waals surface area contributed by atoms with E-state index in [-0.39, 0.29) is 47.4 Å². The van der Waals surface area contributed by atoms with Crippen LogP contribution in [-0.4, -0.2) is 82.3 Å². The van der Waals surface area contributed by atoms with Crippen molar-refractivity contribution in [2.45, 2.75) is 38.1 Å². The van der Waals surface area contributed by atoms with Gasteiger partial charge in [0.05, 0.1) is 5.56 Å². The number of nitrogens with two attached hydrogens (primary N) is 2. The van der Waals surface area contributed by atoms with E-state index in [9.17, 15) is 19.8 Å². The second kappa shape index (κ2) is 10.4. The highest BCUT2D eigenvalue weighted by atomic mass is 16.7. The van der Waals surface area contributed by atoms with Crippen LogP contribution in [-0.2, 0) is 22.5 Å². The van der Waals surface area contributed by atoms with Gasteiger partial charge in [0, 0.05) is 45.2 Å². The molecule has 4 rings (SSSR count). The summed E-state index contributed by atoms with van der Waals surface area (Å²) in [5.74, 6) is -0.986. The molecule has 1 atom stereocenters. The number of aromatic hydroxyl groups is 2. The second-order valence-electron chi connectivity index (χ2n) is 10.0. The number of hydrogen-bond donors (Lipinski definition) is 5. The predicted molar refractivity (Wildman–Crippen MR) is 134 cm³/mol. The van der Waals surface area contributed by atoms with E-state index in [0.29, 0.717) is 23.3 Å². The third kappa shape index (κ3) is 5.41. The summed E-state index contributed by atoms with van der Waals surface area (Å²) >= 11 is 0. The molecule has 37 heavy (non-hydrogen) atoms. The largest absolute Gasteiger partial charge is 0.508 e. The van der Waals surface area contributed by atoms with Gasteiger partial charge in [0.25, 0.3) is 5.91 Å². The number of amides is 2. The number of nitrogens with zero attached hydrogens (tertiary/aromatic N) is 3. The smallest absolute Gasteiger partial charge is 0.271 e. The van der Waals surface area contributed by atoms with Crippen LogP contribution in [0, 0.1) is 0 Å². The maximum atomic E-state index is 12.6. The van der Waals surface area contributed by atoms with Crippen molar-refractivity contribution in [1.29, 1.82) is 0 Å². The Morgan fingerprint density at radius 1 is 1.14 bits per heavy atom. The number of phenols is 2. The first-order valence-electron chi connectivity index (χ1n) is 12.2. The van der Waals surface area contributed by atoms with Crippen LogP contribution in [0.25, 0.3) is 5.76 Å². The number of carbonyl (C=O) groups excluding carboxylic acids is 2. The molecule has 200 valence electrons. The molecule has 1 aromatic heterocycles. The molecule has 1 unspecified atom stereocenters. The van der Waals surface area contributed by atoms with E-state index in [0.717, 1.165) is 26.2 Å². The van der Waals surface area contributed by atoms with Gasteiger partial charge >= 0.3 is 0 Å². The second-order valence-corrected chi connectivity index (χ2v) is 10.0. The van der Waals surface area contributed by atoms with Gasteiger partial charge in [-0.3, -0.25) is 14.5 Å². The van der Waals surface area contributed by atoms with Crippen molar-refractivity contribution in [3.05, 3.63) is 46.4 Å². The molecule has 1 aromatic carbocycles. The number of hydroxylamine groups is 1. The van der Waals surface area contributed by atoms with Crippen LogP contribution >= 0.6 is 0 Å². The van der Waals surface area contributed by atoms with E-state index < -0.39 is 17.4 Å². The van der Waals surface area contributed by atoms with Crippen molar-refractivity contribution in [2.75, 3.05) is 39.8 Å². The van der Waals surface area contributed by atoms with Gasteiger partial charge < -0.3 is 35.9 Å². The van der Waals surface area contributed by atoms with Gasteiger partial charge in [0.2, 0.25) is 5.91 Å². The first-order chi connectivity index (χ1) is 17.5. The Kier molecular flexibility index (Phi) is 7.44. The summed E-state index contributed by atoms with van der Waals surface area (Å²) in [5, 5.41) is 24.3. The number of rotatable bonds is 9. The van der Waals surface area contributed by atoms with Gasteiger partial charge in [0.1, 0.15) is 17.3 Å². The van der Waals surface area contributed by atoms with Gasteiger partial charge in [-0.1, -0.05) is 19.0 Å². The average molecular weight is 515 g/mol. The summed E-state index contributed by atoms with van der Waals surface area (Å²) < 4.78 is 5.46. The number of likely N-dealkylation sites (N-methyl/N-ethyl adjacent to an activating group) is 1. The topological polar surface area (TPSA) is 180 Å². The molecule has 0 bridgehead atoms. The standard InChI is InChI=1S/C25H34N6O6/c1-14(2)16-10-15(17(32)11-18(16)33)4-5-19-21(22(23(26)34)28-36-19)20-12-25(24(27)35,29-37-20)13-31-8-6-30(3)7-9-31/h10-12,14,29,32-33H,4-9,13H2,1-3H3,(H2,26,34)(H2,27,35). The maximum Gasteiger partial charge on any atom is 0.271 e. The molecule has 2 amide bonds. The zero-order chi connectivity index (χ0) is 26.9. The maximum absolute atomic E-state index is 12.6. The highest BCUT2D eigenvalue weighted by molar-refractivity contribution is 5.97. The summed E-state index contributed by atoms with van der Waals surface area (Å²) in [6, 6.07) is 3.05. The van der Waals surface area contributed by atoms with Crippen molar-refractivity contribution < 1.29 is 29.2 Å². The summed E-state index contributed by atoms with van der Waals surface area (Å²) in [4.78, 5) is 34.7. The lowest BCUT2D eigenvalue weighted by atomic mass is 9.94. The van der Waals surface area contributed by atoms with Gasteiger partial charge in [-0.15, -0.1) is 5.48 Å². The van der Waals surface area contributed by atoms with Crippen LogP contribution in [0.3, 0.4) is 0 Å². The fraction of sp³-hybridized carbons (Fsp3) is 0.480. The van der Waals surface area contributed by atoms with Gasteiger partial charge in [-0.25, -0.2) is 0 Å². The third-order valence-corrected chi connectivity index (χ3v) is 6.94. The fourth-order valence-corrected chi connectivity index (χ4v) is 4.66. The van der Waals surface area contributed by atoms with Gasteiger partial charge in [-0.2, -0.15) is 0 Å². The normalized spacial score (nSPS) is 20.7. The molecule has 12 heteroatoms. The molecule has 1 saturated heterocycles. The van der Waals surface area contributed by atoms with Crippen molar-refractivity contribution in [3.8, 4) is 11.5 Å². The molecule has 2 aliphatic rings. The Balaban J connectivity index is 1.63. The Morgan fingerprint density at radius 2 is 1.84 bits per heavy atom. The lowest BCUT2D eigenvalue weighted by Crippen LogP contribution is -2.60. The minimum Gasteiger partial charge on any atom is -0.508 e. The average Bonchev–Trinajstić information content (AvgIpc) is 3.45. The van der Waals surface area contributed by atoms with Crippen LogP contribution in [0.5, 0.6) is 11.5 Å². The predicted octanol–water partition coefficient (Wildman–Crippen LogP) is 0.441. The fourth-order valence-electron chi connectivity index (χ4n) is 4.66. The van der Waals surface area contributed by atoms with E-state index in [4.69, 9.17) is 20.8 Å². The summed E-state index contributed by atoms with van der Waals surface area (Å²) in [6.45, 7) is 7.39.